The first kappa shape index (κ1) is 27.8. The molecule has 1 aliphatic heterocycles. The van der Waals surface area contributed by atoms with Crippen molar-refractivity contribution in [1.82, 2.24) is 30.2 Å². The van der Waals surface area contributed by atoms with E-state index < -0.39 is 0 Å². The topological polar surface area (TPSA) is 107 Å². The monoisotopic (exact) mass is 545 g/mol. The molecule has 1 unspecified atom stereocenters. The van der Waals surface area contributed by atoms with Gasteiger partial charge in [0.1, 0.15) is 12.4 Å². The van der Waals surface area contributed by atoms with Crippen LogP contribution in [0.15, 0.2) is 53.8 Å². The number of methoxy groups -OCH3 is 1. The van der Waals surface area contributed by atoms with E-state index in [9.17, 15) is 4.79 Å². The molecule has 0 radical (unpaired) electrons. The lowest BCUT2D eigenvalue weighted by Gasteiger charge is -2.42. The van der Waals surface area contributed by atoms with Crippen molar-refractivity contribution in [2.75, 3.05) is 13.7 Å². The standard InChI is InChI=1S/C30H39N7O3/c1-30(2,3)26-19-36(35-34-26)18-25(21-11-7-5-8-12-21)37-17-22-15-28(40-23-13-9-6-10-14-23)31-16-24(22)32-29(37)33-27(38)20-39-4/h6,9-10,13-16,19,21,25H,5,7-8,11-12,17-18,20H2,1-4H3,(H,32,33,38). The van der Waals surface area contributed by atoms with Crippen molar-refractivity contribution < 1.29 is 14.3 Å². The van der Waals surface area contributed by atoms with Crippen molar-refractivity contribution in [3.8, 4) is 11.6 Å². The Bertz CT molecular complexity index is 1330. The van der Waals surface area contributed by atoms with Crippen LogP contribution in [0.4, 0.5) is 5.69 Å². The number of amides is 1. The van der Waals surface area contributed by atoms with Gasteiger partial charge in [0.15, 0.2) is 0 Å². The Labute approximate surface area is 235 Å². The zero-order valence-electron chi connectivity index (χ0n) is 23.8. The van der Waals surface area contributed by atoms with Gasteiger partial charge in [-0.3, -0.25) is 14.8 Å². The molecule has 212 valence electrons. The molecule has 2 aliphatic rings. The van der Waals surface area contributed by atoms with Crippen LogP contribution in [0.2, 0.25) is 0 Å². The predicted octanol–water partition coefficient (Wildman–Crippen LogP) is 4.98. The van der Waals surface area contributed by atoms with Crippen molar-refractivity contribution in [1.29, 1.82) is 0 Å². The smallest absolute Gasteiger partial charge is 0.252 e. The molecule has 40 heavy (non-hydrogen) atoms. The summed E-state index contributed by atoms with van der Waals surface area (Å²) in [7, 11) is 1.51. The number of hydrogen-bond acceptors (Lipinski definition) is 8. The first-order chi connectivity index (χ1) is 19.3. The number of fused-ring (bicyclic) bond motifs is 1. The number of guanidine groups is 1. The summed E-state index contributed by atoms with van der Waals surface area (Å²) in [4.78, 5) is 24.3. The summed E-state index contributed by atoms with van der Waals surface area (Å²) in [6, 6.07) is 11.6. The predicted molar refractivity (Wildman–Crippen MR) is 152 cm³/mol. The fourth-order valence-corrected chi connectivity index (χ4v) is 5.41. The number of benzene rings is 1. The van der Waals surface area contributed by atoms with Crippen LogP contribution in [-0.4, -0.2) is 56.5 Å². The minimum Gasteiger partial charge on any atom is -0.439 e. The maximum atomic E-state index is 12.7. The molecule has 0 saturated heterocycles. The maximum Gasteiger partial charge on any atom is 0.252 e. The number of hydrogen-bond donors (Lipinski definition) is 1. The second-order valence-corrected chi connectivity index (χ2v) is 11.7. The quantitative estimate of drug-likeness (QED) is 0.426. The molecule has 3 heterocycles. The van der Waals surface area contributed by atoms with Crippen molar-refractivity contribution in [3.63, 3.8) is 0 Å². The molecule has 1 aromatic carbocycles. The Morgan fingerprint density at radius 1 is 1.15 bits per heavy atom. The highest BCUT2D eigenvalue weighted by atomic mass is 16.5. The number of aromatic nitrogens is 4. The van der Waals surface area contributed by atoms with Crippen LogP contribution in [0, 0.1) is 5.92 Å². The highest BCUT2D eigenvalue weighted by Gasteiger charge is 2.35. The van der Waals surface area contributed by atoms with Crippen LogP contribution in [0.25, 0.3) is 0 Å². The normalized spacial score (nSPS) is 16.7. The fraction of sp³-hybridized carbons (Fsp3) is 0.500. The highest BCUT2D eigenvalue weighted by molar-refractivity contribution is 5.99. The molecule has 5 rings (SSSR count). The Hall–Kier alpha value is -3.79. The Morgan fingerprint density at radius 3 is 2.62 bits per heavy atom. The fourth-order valence-electron chi connectivity index (χ4n) is 5.41. The van der Waals surface area contributed by atoms with Crippen molar-refractivity contribution >= 4 is 17.6 Å². The van der Waals surface area contributed by atoms with E-state index >= 15 is 0 Å². The van der Waals surface area contributed by atoms with Crippen LogP contribution in [0.1, 0.15) is 64.1 Å². The third kappa shape index (κ3) is 6.67. The van der Waals surface area contributed by atoms with E-state index in [1.807, 2.05) is 47.3 Å². The maximum absolute atomic E-state index is 12.7. The molecule has 3 aromatic rings. The van der Waals surface area contributed by atoms with Crippen LogP contribution in [0.3, 0.4) is 0 Å². The van der Waals surface area contributed by atoms with Crippen molar-refractivity contribution in [2.24, 2.45) is 10.9 Å². The van der Waals surface area contributed by atoms with E-state index in [0.29, 0.717) is 36.5 Å². The summed E-state index contributed by atoms with van der Waals surface area (Å²) in [6.45, 7) is 7.56. The van der Waals surface area contributed by atoms with Crippen LogP contribution in [0.5, 0.6) is 11.6 Å². The van der Waals surface area contributed by atoms with Gasteiger partial charge in [-0.25, -0.2) is 9.98 Å². The number of carbonyl (C=O) groups excluding carboxylic acids is 1. The molecule has 2 aromatic heterocycles. The third-order valence-electron chi connectivity index (χ3n) is 7.55. The number of aliphatic imine (C=N–C) groups is 1. The molecule has 0 bridgehead atoms. The van der Waals surface area contributed by atoms with E-state index in [1.54, 1.807) is 6.20 Å². The summed E-state index contributed by atoms with van der Waals surface area (Å²) in [5.41, 5.74) is 2.56. The number of pyridine rings is 1. The minimum atomic E-state index is -0.246. The lowest BCUT2D eigenvalue weighted by molar-refractivity contribution is -0.123. The number of ether oxygens (including phenoxy) is 2. The average Bonchev–Trinajstić information content (AvgIpc) is 3.42. The Morgan fingerprint density at radius 2 is 1.93 bits per heavy atom. The van der Waals surface area contributed by atoms with Crippen molar-refractivity contribution in [2.45, 2.75) is 77.4 Å². The number of para-hydroxylation sites is 1. The van der Waals surface area contributed by atoms with Gasteiger partial charge in [-0.1, -0.05) is 63.4 Å². The number of rotatable bonds is 8. The molecule has 1 saturated carbocycles. The zero-order valence-corrected chi connectivity index (χ0v) is 23.8. The lowest BCUT2D eigenvalue weighted by atomic mass is 9.83. The molecule has 1 aliphatic carbocycles. The molecule has 10 nitrogen and oxygen atoms in total. The average molecular weight is 546 g/mol. The molecule has 1 N–H and O–H groups in total. The Balaban J connectivity index is 1.49. The summed E-state index contributed by atoms with van der Waals surface area (Å²) in [6.07, 6.45) is 9.62. The van der Waals surface area contributed by atoms with Gasteiger partial charge in [0.25, 0.3) is 5.91 Å². The molecular weight excluding hydrogens is 506 g/mol. The summed E-state index contributed by atoms with van der Waals surface area (Å²) >= 11 is 0. The van der Waals surface area contributed by atoms with Gasteiger partial charge in [-0.2, -0.15) is 0 Å². The zero-order chi connectivity index (χ0) is 28.1. The second-order valence-electron chi connectivity index (χ2n) is 11.7. The van der Waals surface area contributed by atoms with E-state index in [4.69, 9.17) is 14.5 Å². The van der Waals surface area contributed by atoms with Crippen molar-refractivity contribution in [3.05, 3.63) is 60.0 Å². The van der Waals surface area contributed by atoms with Gasteiger partial charge in [0, 0.05) is 36.9 Å². The largest absolute Gasteiger partial charge is 0.439 e. The number of carbonyl (C=O) groups is 1. The molecule has 10 heteroatoms. The summed E-state index contributed by atoms with van der Waals surface area (Å²) in [5, 5.41) is 12.0. The lowest BCUT2D eigenvalue weighted by Crippen LogP contribution is -2.54. The van der Waals surface area contributed by atoms with E-state index in [2.05, 4.69) is 46.3 Å². The van der Waals surface area contributed by atoms with E-state index in [0.717, 1.165) is 29.8 Å². The SMILES string of the molecule is COCC(=O)NC1=Nc2cnc(Oc3ccccc3)cc2CN1C(Cn1cc(C(C)(C)C)nn1)C1CCCCC1. The third-order valence-corrected chi connectivity index (χ3v) is 7.55. The molecule has 1 amide bonds. The van der Waals surface area contributed by atoms with Gasteiger partial charge < -0.3 is 14.4 Å². The summed E-state index contributed by atoms with van der Waals surface area (Å²) in [5.74, 6) is 1.92. The first-order valence-corrected chi connectivity index (χ1v) is 14.1. The molecular formula is C30H39N7O3. The van der Waals surface area contributed by atoms with Crippen LogP contribution >= 0.6 is 0 Å². The highest BCUT2D eigenvalue weighted by Crippen LogP contribution is 2.35. The molecule has 1 fully saturated rings. The number of nitrogens with zero attached hydrogens (tertiary/aromatic N) is 6. The minimum absolute atomic E-state index is 0.0477. The van der Waals surface area contributed by atoms with Gasteiger partial charge in [-0.15, -0.1) is 5.10 Å². The van der Waals surface area contributed by atoms with Crippen LogP contribution < -0.4 is 10.1 Å². The first-order valence-electron chi connectivity index (χ1n) is 14.1. The molecule has 1 atom stereocenters. The second kappa shape index (κ2) is 12.2. The Kier molecular flexibility index (Phi) is 8.44. The van der Waals surface area contributed by atoms with Crippen LogP contribution in [-0.2, 0) is 28.0 Å². The summed E-state index contributed by atoms with van der Waals surface area (Å²) < 4.78 is 13.1. The van der Waals surface area contributed by atoms with E-state index in [1.165, 1.54) is 26.4 Å². The van der Waals surface area contributed by atoms with Gasteiger partial charge in [-0.05, 0) is 30.9 Å². The number of nitrogens with one attached hydrogen (secondary N) is 1. The van der Waals surface area contributed by atoms with Gasteiger partial charge in [0.2, 0.25) is 11.8 Å². The van der Waals surface area contributed by atoms with Gasteiger partial charge in [0.05, 0.1) is 30.2 Å². The van der Waals surface area contributed by atoms with Gasteiger partial charge >= 0.3 is 0 Å². The molecule has 0 spiro atoms. The van der Waals surface area contributed by atoms with E-state index in [-0.39, 0.29) is 24.0 Å².